The quantitative estimate of drug-likeness (QED) is 0.738. The topological polar surface area (TPSA) is 20.2 Å². The van der Waals surface area contributed by atoms with E-state index in [4.69, 9.17) is 0 Å². The van der Waals surface area contributed by atoms with Gasteiger partial charge in [0.2, 0.25) is 0 Å². The molecule has 1 unspecified atom stereocenters. The van der Waals surface area contributed by atoms with Crippen LogP contribution in [0, 0.1) is 0 Å². The number of benzene rings is 1. The number of aliphatic hydroxyl groups excluding tert-OH is 1. The van der Waals surface area contributed by atoms with Crippen LogP contribution in [0.4, 0.5) is 0 Å². The maximum absolute atomic E-state index is 10.1. The van der Waals surface area contributed by atoms with Crippen LogP contribution in [0.1, 0.15) is 18.6 Å². The van der Waals surface area contributed by atoms with E-state index in [1.54, 1.807) is 6.08 Å². The van der Waals surface area contributed by atoms with Gasteiger partial charge in [0.25, 0.3) is 0 Å². The summed E-state index contributed by atoms with van der Waals surface area (Å²) in [5.41, 5.74) is 1.78. The van der Waals surface area contributed by atoms with Gasteiger partial charge >= 0.3 is 0 Å². The van der Waals surface area contributed by atoms with Gasteiger partial charge in [-0.25, -0.2) is 0 Å². The van der Waals surface area contributed by atoms with Crippen LogP contribution in [0.2, 0.25) is 0 Å². The molecule has 1 N–H and O–H groups in total. The lowest BCUT2D eigenvalue weighted by Gasteiger charge is -2.11. The van der Waals surface area contributed by atoms with Gasteiger partial charge in [0.1, 0.15) is 6.10 Å². The van der Waals surface area contributed by atoms with Crippen molar-refractivity contribution in [2.75, 3.05) is 0 Å². The first-order chi connectivity index (χ1) is 7.29. The van der Waals surface area contributed by atoms with Crippen molar-refractivity contribution in [1.82, 2.24) is 0 Å². The smallest absolute Gasteiger partial charge is 0.104 e. The van der Waals surface area contributed by atoms with Gasteiger partial charge in [-0.1, -0.05) is 61.2 Å². The van der Waals surface area contributed by atoms with Crippen molar-refractivity contribution in [3.63, 3.8) is 0 Å². The SMILES string of the molecule is C=C/C=C\C(=C/C)C(O)c1ccccc1. The summed E-state index contributed by atoms with van der Waals surface area (Å²) in [6, 6.07) is 9.60. The lowest BCUT2D eigenvalue weighted by Crippen LogP contribution is -1.99. The highest BCUT2D eigenvalue weighted by molar-refractivity contribution is 5.32. The Bertz CT molecular complexity index is 360. The number of hydrogen-bond donors (Lipinski definition) is 1. The summed E-state index contributed by atoms with van der Waals surface area (Å²) in [5.74, 6) is 0. The van der Waals surface area contributed by atoms with Crippen molar-refractivity contribution < 1.29 is 5.11 Å². The van der Waals surface area contributed by atoms with E-state index in [9.17, 15) is 5.11 Å². The van der Waals surface area contributed by atoms with E-state index in [1.807, 2.05) is 55.5 Å². The molecule has 0 aromatic heterocycles. The summed E-state index contributed by atoms with van der Waals surface area (Å²) in [6.07, 6.45) is 6.72. The molecule has 0 heterocycles. The minimum atomic E-state index is -0.563. The second-order valence-electron chi connectivity index (χ2n) is 3.20. The molecule has 0 fully saturated rings. The molecule has 0 spiro atoms. The number of rotatable bonds is 4. The predicted octanol–water partition coefficient (Wildman–Crippen LogP) is 3.41. The lowest BCUT2D eigenvalue weighted by molar-refractivity contribution is 0.219. The fourth-order valence-corrected chi connectivity index (χ4v) is 1.35. The molecule has 1 nitrogen and oxygen atoms in total. The Morgan fingerprint density at radius 3 is 2.53 bits per heavy atom. The average Bonchev–Trinajstić information content (AvgIpc) is 2.31. The van der Waals surface area contributed by atoms with Gasteiger partial charge in [-0.05, 0) is 18.1 Å². The molecule has 1 heteroatoms. The van der Waals surface area contributed by atoms with Gasteiger partial charge in [-0.3, -0.25) is 0 Å². The Labute approximate surface area is 91.1 Å². The molecule has 0 bridgehead atoms. The largest absolute Gasteiger partial charge is 0.384 e. The normalized spacial score (nSPS) is 14.1. The summed E-state index contributed by atoms with van der Waals surface area (Å²) < 4.78 is 0. The van der Waals surface area contributed by atoms with Gasteiger partial charge in [0, 0.05) is 0 Å². The molecule has 0 amide bonds. The van der Waals surface area contributed by atoms with E-state index in [0.29, 0.717) is 0 Å². The van der Waals surface area contributed by atoms with Gasteiger partial charge in [0.15, 0.2) is 0 Å². The molecule has 78 valence electrons. The zero-order valence-corrected chi connectivity index (χ0v) is 8.93. The summed E-state index contributed by atoms with van der Waals surface area (Å²) in [5, 5.41) is 10.1. The highest BCUT2D eigenvalue weighted by Gasteiger charge is 2.08. The molecule has 0 saturated carbocycles. The van der Waals surface area contributed by atoms with E-state index >= 15 is 0 Å². The Kier molecular flexibility index (Phi) is 4.58. The van der Waals surface area contributed by atoms with E-state index in [2.05, 4.69) is 6.58 Å². The third kappa shape index (κ3) is 3.22. The molecule has 0 saturated heterocycles. The fraction of sp³-hybridized carbons (Fsp3) is 0.143. The zero-order chi connectivity index (χ0) is 11.1. The standard InChI is InChI=1S/C14H16O/c1-3-5-9-12(4-2)14(15)13-10-7-6-8-11-13/h3-11,14-15H,1H2,2H3/b9-5-,12-4+. The van der Waals surface area contributed by atoms with E-state index in [1.165, 1.54) is 0 Å². The fourth-order valence-electron chi connectivity index (χ4n) is 1.35. The molecule has 1 atom stereocenters. The summed E-state index contributed by atoms with van der Waals surface area (Å²) >= 11 is 0. The van der Waals surface area contributed by atoms with Crippen LogP contribution in [-0.2, 0) is 0 Å². The Hall–Kier alpha value is -1.60. The monoisotopic (exact) mass is 200 g/mol. The highest BCUT2D eigenvalue weighted by Crippen LogP contribution is 2.21. The van der Waals surface area contributed by atoms with Crippen LogP contribution < -0.4 is 0 Å². The van der Waals surface area contributed by atoms with Crippen molar-refractivity contribution in [3.8, 4) is 0 Å². The number of allylic oxidation sites excluding steroid dienone is 3. The first-order valence-electron chi connectivity index (χ1n) is 4.98. The van der Waals surface area contributed by atoms with Crippen LogP contribution in [0.15, 0.2) is 66.8 Å². The summed E-state index contributed by atoms with van der Waals surface area (Å²) in [6.45, 7) is 5.51. The van der Waals surface area contributed by atoms with Crippen molar-refractivity contribution in [3.05, 3.63) is 72.4 Å². The second-order valence-corrected chi connectivity index (χ2v) is 3.20. The van der Waals surface area contributed by atoms with Crippen LogP contribution >= 0.6 is 0 Å². The second kappa shape index (κ2) is 5.99. The van der Waals surface area contributed by atoms with Gasteiger partial charge in [-0.15, -0.1) is 0 Å². The number of hydrogen-bond acceptors (Lipinski definition) is 1. The van der Waals surface area contributed by atoms with Crippen LogP contribution in [0.5, 0.6) is 0 Å². The maximum Gasteiger partial charge on any atom is 0.104 e. The van der Waals surface area contributed by atoms with Crippen molar-refractivity contribution >= 4 is 0 Å². The molecule has 15 heavy (non-hydrogen) atoms. The Morgan fingerprint density at radius 2 is 2.00 bits per heavy atom. The molecule has 0 aliphatic carbocycles. The van der Waals surface area contributed by atoms with Crippen molar-refractivity contribution in [2.24, 2.45) is 0 Å². The zero-order valence-electron chi connectivity index (χ0n) is 8.93. The van der Waals surface area contributed by atoms with Gasteiger partial charge < -0.3 is 5.11 Å². The molecule has 1 aromatic carbocycles. The summed E-state index contributed by atoms with van der Waals surface area (Å²) in [4.78, 5) is 0. The van der Waals surface area contributed by atoms with E-state index < -0.39 is 6.10 Å². The molecule has 1 aromatic rings. The van der Waals surface area contributed by atoms with Gasteiger partial charge in [-0.2, -0.15) is 0 Å². The van der Waals surface area contributed by atoms with Crippen LogP contribution in [0.3, 0.4) is 0 Å². The van der Waals surface area contributed by atoms with Crippen molar-refractivity contribution in [1.29, 1.82) is 0 Å². The first kappa shape index (κ1) is 11.5. The molecule has 0 aliphatic rings. The van der Waals surface area contributed by atoms with E-state index in [0.717, 1.165) is 11.1 Å². The predicted molar refractivity (Wildman–Crippen MR) is 64.5 cm³/mol. The minimum Gasteiger partial charge on any atom is -0.384 e. The molecule has 0 radical (unpaired) electrons. The van der Waals surface area contributed by atoms with Crippen LogP contribution in [-0.4, -0.2) is 5.11 Å². The average molecular weight is 200 g/mol. The van der Waals surface area contributed by atoms with Gasteiger partial charge in [0.05, 0.1) is 0 Å². The Morgan fingerprint density at radius 1 is 1.33 bits per heavy atom. The van der Waals surface area contributed by atoms with Crippen molar-refractivity contribution in [2.45, 2.75) is 13.0 Å². The molecular formula is C14H16O. The first-order valence-corrected chi connectivity index (χ1v) is 4.98. The minimum absolute atomic E-state index is 0.563. The molecular weight excluding hydrogens is 184 g/mol. The summed E-state index contributed by atoms with van der Waals surface area (Å²) in [7, 11) is 0. The third-order valence-electron chi connectivity index (χ3n) is 2.19. The highest BCUT2D eigenvalue weighted by atomic mass is 16.3. The molecule has 1 rings (SSSR count). The number of aliphatic hydroxyl groups is 1. The van der Waals surface area contributed by atoms with Crippen LogP contribution in [0.25, 0.3) is 0 Å². The maximum atomic E-state index is 10.1. The Balaban J connectivity index is 2.88. The third-order valence-corrected chi connectivity index (χ3v) is 2.19. The molecule has 0 aliphatic heterocycles. The van der Waals surface area contributed by atoms with E-state index in [-0.39, 0.29) is 0 Å². The lowest BCUT2D eigenvalue weighted by atomic mass is 10.0.